The summed E-state index contributed by atoms with van der Waals surface area (Å²) in [6, 6.07) is 1.02. The van der Waals surface area contributed by atoms with Crippen LogP contribution in [0.15, 0.2) is 17.0 Å². The smallest absolute Gasteiger partial charge is 0.255 e. The van der Waals surface area contributed by atoms with E-state index in [0.717, 1.165) is 19.3 Å². The van der Waals surface area contributed by atoms with Crippen molar-refractivity contribution in [1.82, 2.24) is 4.90 Å². The fourth-order valence-electron chi connectivity index (χ4n) is 2.28. The van der Waals surface area contributed by atoms with Gasteiger partial charge in [-0.3, -0.25) is 4.79 Å². The largest absolute Gasteiger partial charge is 0.341 e. The van der Waals surface area contributed by atoms with Crippen LogP contribution < -0.4 is 5.14 Å². The second-order valence-electron chi connectivity index (χ2n) is 5.29. The maximum Gasteiger partial charge on any atom is 0.255 e. The molecule has 0 unspecified atom stereocenters. The molecule has 0 aromatic heterocycles. The fraction of sp³-hybridized carbons (Fsp3) is 0.462. The van der Waals surface area contributed by atoms with Gasteiger partial charge in [-0.1, -0.05) is 6.42 Å². The highest BCUT2D eigenvalue weighted by molar-refractivity contribution is 7.89. The first kappa shape index (κ1) is 15.8. The van der Waals surface area contributed by atoms with Crippen LogP contribution in [0.4, 0.5) is 8.78 Å². The molecule has 0 bridgehead atoms. The first-order valence-electron chi connectivity index (χ1n) is 6.47. The number of primary sulfonamides is 1. The molecule has 1 saturated carbocycles. The molecule has 116 valence electrons. The number of rotatable bonds is 4. The van der Waals surface area contributed by atoms with Gasteiger partial charge in [0.1, 0.15) is 0 Å². The third kappa shape index (κ3) is 3.38. The summed E-state index contributed by atoms with van der Waals surface area (Å²) in [6.45, 7) is 0.446. The van der Waals surface area contributed by atoms with E-state index in [2.05, 4.69) is 0 Å². The van der Waals surface area contributed by atoms with Crippen molar-refractivity contribution in [2.24, 2.45) is 11.1 Å². The highest BCUT2D eigenvalue weighted by Gasteiger charge is 2.27. The number of nitrogens with two attached hydrogens (primary N) is 1. The summed E-state index contributed by atoms with van der Waals surface area (Å²) in [5.74, 6) is -2.98. The number of nitrogens with zero attached hydrogens (tertiary/aromatic N) is 1. The maximum absolute atomic E-state index is 13.3. The lowest BCUT2D eigenvalue weighted by molar-refractivity contribution is 0.0740. The second kappa shape index (κ2) is 5.69. The topological polar surface area (TPSA) is 80.5 Å². The van der Waals surface area contributed by atoms with Crippen LogP contribution in [0.25, 0.3) is 0 Å². The van der Waals surface area contributed by atoms with Crippen LogP contribution in [-0.4, -0.2) is 32.8 Å². The zero-order valence-electron chi connectivity index (χ0n) is 11.5. The van der Waals surface area contributed by atoms with E-state index < -0.39 is 38.0 Å². The number of sulfonamides is 1. The first-order chi connectivity index (χ1) is 9.70. The molecule has 1 aliphatic carbocycles. The van der Waals surface area contributed by atoms with E-state index in [4.69, 9.17) is 5.14 Å². The van der Waals surface area contributed by atoms with Gasteiger partial charge in [-0.25, -0.2) is 22.3 Å². The average Bonchev–Trinajstić information content (AvgIpc) is 2.34. The quantitative estimate of drug-likeness (QED) is 0.913. The Balaban J connectivity index is 2.36. The van der Waals surface area contributed by atoms with Crippen LogP contribution in [0.2, 0.25) is 0 Å². The molecule has 5 nitrogen and oxygen atoms in total. The van der Waals surface area contributed by atoms with Crippen molar-refractivity contribution in [1.29, 1.82) is 0 Å². The molecule has 0 aliphatic heterocycles. The molecule has 0 spiro atoms. The van der Waals surface area contributed by atoms with Gasteiger partial charge in [-0.2, -0.15) is 0 Å². The summed E-state index contributed by atoms with van der Waals surface area (Å²) in [5.41, 5.74) is -0.446. The van der Waals surface area contributed by atoms with Crippen LogP contribution in [0.5, 0.6) is 0 Å². The molecule has 1 amide bonds. The molecule has 0 saturated heterocycles. The molecule has 2 rings (SSSR count). The lowest BCUT2D eigenvalue weighted by Crippen LogP contribution is -2.35. The summed E-state index contributed by atoms with van der Waals surface area (Å²) < 4.78 is 49.4. The Morgan fingerprint density at radius 1 is 1.33 bits per heavy atom. The van der Waals surface area contributed by atoms with Gasteiger partial charge in [0.05, 0.1) is 10.5 Å². The average molecular weight is 318 g/mol. The lowest BCUT2D eigenvalue weighted by Gasteiger charge is -2.30. The highest BCUT2D eigenvalue weighted by atomic mass is 32.2. The van der Waals surface area contributed by atoms with E-state index in [1.54, 1.807) is 0 Å². The van der Waals surface area contributed by atoms with Crippen LogP contribution in [0.1, 0.15) is 29.6 Å². The molecule has 1 aromatic carbocycles. The third-order valence-corrected chi connectivity index (χ3v) is 4.61. The first-order valence-corrected chi connectivity index (χ1v) is 8.02. The molecule has 2 N–H and O–H groups in total. The summed E-state index contributed by atoms with van der Waals surface area (Å²) in [4.78, 5) is 12.9. The predicted molar refractivity (Wildman–Crippen MR) is 72.0 cm³/mol. The monoisotopic (exact) mass is 318 g/mol. The molecular weight excluding hydrogens is 302 g/mol. The Kier molecular flexibility index (Phi) is 4.29. The summed E-state index contributed by atoms with van der Waals surface area (Å²) in [7, 11) is -2.83. The van der Waals surface area contributed by atoms with Gasteiger partial charge in [0.25, 0.3) is 5.91 Å². The van der Waals surface area contributed by atoms with E-state index >= 15 is 0 Å². The Labute approximate surface area is 121 Å². The number of carbonyl (C=O) groups is 1. The number of halogens is 2. The highest BCUT2D eigenvalue weighted by Crippen LogP contribution is 2.28. The molecular formula is C13H16F2N2O3S. The molecule has 1 aliphatic rings. The fourth-order valence-corrected chi connectivity index (χ4v) is 3.00. The van der Waals surface area contributed by atoms with E-state index in [9.17, 15) is 22.0 Å². The lowest BCUT2D eigenvalue weighted by atomic mass is 9.85. The SMILES string of the molecule is CN(CC1CCC1)C(=O)c1cc(F)c(F)cc1S(N)(=O)=O. The van der Waals surface area contributed by atoms with Gasteiger partial charge in [0, 0.05) is 13.6 Å². The van der Waals surface area contributed by atoms with Gasteiger partial charge in [-0.05, 0) is 30.9 Å². The Bertz CT molecular complexity index is 672. The minimum Gasteiger partial charge on any atom is -0.341 e. The number of benzene rings is 1. The minimum atomic E-state index is -4.33. The maximum atomic E-state index is 13.3. The van der Waals surface area contributed by atoms with Crippen molar-refractivity contribution in [3.05, 3.63) is 29.3 Å². The molecule has 21 heavy (non-hydrogen) atoms. The van der Waals surface area contributed by atoms with Crippen molar-refractivity contribution in [2.75, 3.05) is 13.6 Å². The summed E-state index contributed by atoms with van der Waals surface area (Å²) >= 11 is 0. The van der Waals surface area contributed by atoms with Gasteiger partial charge in [0.15, 0.2) is 11.6 Å². The van der Waals surface area contributed by atoms with Crippen LogP contribution >= 0.6 is 0 Å². The predicted octanol–water partition coefficient (Wildman–Crippen LogP) is 1.48. The van der Waals surface area contributed by atoms with E-state index in [-0.39, 0.29) is 0 Å². The van der Waals surface area contributed by atoms with Crippen molar-refractivity contribution >= 4 is 15.9 Å². The van der Waals surface area contributed by atoms with Crippen LogP contribution in [-0.2, 0) is 10.0 Å². The minimum absolute atomic E-state index is 0.363. The number of amides is 1. The summed E-state index contributed by atoms with van der Waals surface area (Å²) in [5, 5.41) is 4.97. The van der Waals surface area contributed by atoms with Crippen LogP contribution in [0, 0.1) is 17.6 Å². The summed E-state index contributed by atoms with van der Waals surface area (Å²) in [6.07, 6.45) is 3.09. The van der Waals surface area contributed by atoms with Gasteiger partial charge >= 0.3 is 0 Å². The molecule has 0 atom stereocenters. The standard InChI is InChI=1S/C13H16F2N2O3S/c1-17(7-8-3-2-4-8)13(18)9-5-10(14)11(15)6-12(9)21(16,19)20/h5-6,8H,2-4,7H2,1H3,(H2,16,19,20). The van der Waals surface area contributed by atoms with Crippen molar-refractivity contribution in [3.8, 4) is 0 Å². The Morgan fingerprint density at radius 2 is 1.90 bits per heavy atom. The van der Waals surface area contributed by atoms with E-state index in [1.807, 2.05) is 0 Å². The third-order valence-electron chi connectivity index (χ3n) is 3.66. The van der Waals surface area contributed by atoms with Gasteiger partial charge in [0.2, 0.25) is 10.0 Å². The molecule has 0 radical (unpaired) electrons. The van der Waals surface area contributed by atoms with Crippen molar-refractivity contribution in [3.63, 3.8) is 0 Å². The van der Waals surface area contributed by atoms with Gasteiger partial charge < -0.3 is 4.90 Å². The molecule has 1 aromatic rings. The number of carbonyl (C=O) groups excluding carboxylic acids is 1. The zero-order chi connectivity index (χ0) is 15.8. The Morgan fingerprint density at radius 3 is 2.38 bits per heavy atom. The molecule has 8 heteroatoms. The molecule has 0 heterocycles. The van der Waals surface area contributed by atoms with Crippen molar-refractivity contribution < 1.29 is 22.0 Å². The van der Waals surface area contributed by atoms with E-state index in [1.165, 1.54) is 11.9 Å². The van der Waals surface area contributed by atoms with Crippen molar-refractivity contribution in [2.45, 2.75) is 24.2 Å². The number of hydrogen-bond acceptors (Lipinski definition) is 3. The van der Waals surface area contributed by atoms with Crippen LogP contribution in [0.3, 0.4) is 0 Å². The molecule has 1 fully saturated rings. The second-order valence-corrected chi connectivity index (χ2v) is 6.82. The normalized spacial score (nSPS) is 15.6. The van der Waals surface area contributed by atoms with E-state index in [0.29, 0.717) is 24.6 Å². The number of hydrogen-bond donors (Lipinski definition) is 1. The Hall–Kier alpha value is -1.54. The zero-order valence-corrected chi connectivity index (χ0v) is 12.3. The van der Waals surface area contributed by atoms with Gasteiger partial charge in [-0.15, -0.1) is 0 Å².